The molecule has 0 bridgehead atoms. The fourth-order valence-corrected chi connectivity index (χ4v) is 3.52. The van der Waals surface area contributed by atoms with Gasteiger partial charge in [0, 0.05) is 19.3 Å². The van der Waals surface area contributed by atoms with E-state index in [9.17, 15) is 0 Å². The predicted molar refractivity (Wildman–Crippen MR) is 73.0 cm³/mol. The smallest absolute Gasteiger partial charge is 0.139 e. The second-order valence-corrected chi connectivity index (χ2v) is 5.60. The standard InChI is InChI=1S/C14H20N4/c1-9-5-6-17-14(12(9)13(15)16)18-7-10-3-2-4-11(10)8-18/h5-6,10-11H,2-4,7-8H2,1H3,(H3,15,16). The van der Waals surface area contributed by atoms with E-state index in [2.05, 4.69) is 9.88 Å². The van der Waals surface area contributed by atoms with Gasteiger partial charge < -0.3 is 10.6 Å². The first-order valence-corrected chi connectivity index (χ1v) is 6.71. The average molecular weight is 244 g/mol. The van der Waals surface area contributed by atoms with Crippen LogP contribution >= 0.6 is 0 Å². The fraction of sp³-hybridized carbons (Fsp3) is 0.571. The molecule has 1 saturated carbocycles. The highest BCUT2D eigenvalue weighted by molar-refractivity contribution is 6.01. The highest BCUT2D eigenvalue weighted by Crippen LogP contribution is 2.39. The number of aryl methyl sites for hydroxylation is 1. The Bertz CT molecular complexity index is 471. The zero-order chi connectivity index (χ0) is 12.7. The molecule has 1 saturated heterocycles. The third-order valence-corrected chi connectivity index (χ3v) is 4.43. The summed E-state index contributed by atoms with van der Waals surface area (Å²) in [5, 5.41) is 7.75. The maximum absolute atomic E-state index is 7.75. The molecule has 0 aromatic carbocycles. The minimum absolute atomic E-state index is 0.132. The van der Waals surface area contributed by atoms with E-state index in [1.807, 2.05) is 19.2 Å². The monoisotopic (exact) mass is 244 g/mol. The van der Waals surface area contributed by atoms with Crippen LogP contribution in [-0.4, -0.2) is 23.9 Å². The van der Waals surface area contributed by atoms with Crippen LogP contribution in [0.3, 0.4) is 0 Å². The highest BCUT2D eigenvalue weighted by atomic mass is 15.2. The van der Waals surface area contributed by atoms with Crippen LogP contribution in [0.15, 0.2) is 12.3 Å². The molecular weight excluding hydrogens is 224 g/mol. The topological polar surface area (TPSA) is 66.0 Å². The van der Waals surface area contributed by atoms with Crippen molar-refractivity contribution in [2.45, 2.75) is 26.2 Å². The largest absolute Gasteiger partial charge is 0.384 e. The Morgan fingerprint density at radius 2 is 2.06 bits per heavy atom. The third-order valence-electron chi connectivity index (χ3n) is 4.43. The van der Waals surface area contributed by atoms with Crippen LogP contribution in [0.25, 0.3) is 0 Å². The molecule has 2 aliphatic rings. The van der Waals surface area contributed by atoms with E-state index >= 15 is 0 Å². The first-order chi connectivity index (χ1) is 8.66. The van der Waals surface area contributed by atoms with E-state index in [-0.39, 0.29) is 5.84 Å². The van der Waals surface area contributed by atoms with Gasteiger partial charge in [-0.1, -0.05) is 6.42 Å². The summed E-state index contributed by atoms with van der Waals surface area (Å²) in [4.78, 5) is 6.81. The maximum atomic E-state index is 7.75. The van der Waals surface area contributed by atoms with Crippen molar-refractivity contribution in [3.63, 3.8) is 0 Å². The second kappa shape index (κ2) is 4.26. The molecule has 3 N–H and O–H groups in total. The van der Waals surface area contributed by atoms with Gasteiger partial charge in [0.15, 0.2) is 0 Å². The number of nitrogens with two attached hydrogens (primary N) is 1. The zero-order valence-electron chi connectivity index (χ0n) is 10.8. The van der Waals surface area contributed by atoms with E-state index in [0.717, 1.165) is 41.9 Å². The molecule has 4 nitrogen and oxygen atoms in total. The van der Waals surface area contributed by atoms with Crippen molar-refractivity contribution in [1.82, 2.24) is 4.98 Å². The molecule has 18 heavy (non-hydrogen) atoms. The Balaban J connectivity index is 1.93. The molecule has 4 heteroatoms. The van der Waals surface area contributed by atoms with Gasteiger partial charge in [0.25, 0.3) is 0 Å². The van der Waals surface area contributed by atoms with Crippen molar-refractivity contribution in [3.8, 4) is 0 Å². The van der Waals surface area contributed by atoms with Gasteiger partial charge in [-0.05, 0) is 43.2 Å². The van der Waals surface area contributed by atoms with Crippen LogP contribution in [0.1, 0.15) is 30.4 Å². The van der Waals surface area contributed by atoms with Crippen molar-refractivity contribution < 1.29 is 0 Å². The summed E-state index contributed by atoms with van der Waals surface area (Å²) < 4.78 is 0. The van der Waals surface area contributed by atoms with Crippen LogP contribution in [0, 0.1) is 24.2 Å². The van der Waals surface area contributed by atoms with Crippen molar-refractivity contribution in [2.75, 3.05) is 18.0 Å². The second-order valence-electron chi connectivity index (χ2n) is 5.60. The molecule has 1 aliphatic carbocycles. The molecule has 1 aromatic rings. The summed E-state index contributed by atoms with van der Waals surface area (Å²) in [5.41, 5.74) is 7.58. The van der Waals surface area contributed by atoms with E-state index in [1.165, 1.54) is 19.3 Å². The summed E-state index contributed by atoms with van der Waals surface area (Å²) >= 11 is 0. The average Bonchev–Trinajstić information content (AvgIpc) is 2.87. The lowest BCUT2D eigenvalue weighted by Gasteiger charge is -2.22. The lowest BCUT2D eigenvalue weighted by molar-refractivity contribution is 0.494. The van der Waals surface area contributed by atoms with Gasteiger partial charge in [0.1, 0.15) is 11.7 Å². The normalized spacial score (nSPS) is 26.4. The number of rotatable bonds is 2. The summed E-state index contributed by atoms with van der Waals surface area (Å²) in [6.07, 6.45) is 5.90. The Hall–Kier alpha value is -1.58. The SMILES string of the molecule is Cc1ccnc(N2CC3CCCC3C2)c1C(=N)N. The van der Waals surface area contributed by atoms with Gasteiger partial charge in [-0.2, -0.15) is 0 Å². The first kappa shape index (κ1) is 11.5. The van der Waals surface area contributed by atoms with Crippen molar-refractivity contribution in [2.24, 2.45) is 17.6 Å². The number of nitrogens with one attached hydrogen (secondary N) is 1. The molecule has 2 fully saturated rings. The molecule has 96 valence electrons. The number of nitrogens with zero attached hydrogens (tertiary/aromatic N) is 2. The lowest BCUT2D eigenvalue weighted by atomic mass is 10.0. The van der Waals surface area contributed by atoms with Gasteiger partial charge in [0.05, 0.1) is 5.56 Å². The van der Waals surface area contributed by atoms with Gasteiger partial charge in [-0.15, -0.1) is 0 Å². The van der Waals surface area contributed by atoms with Crippen LogP contribution in [0.2, 0.25) is 0 Å². The number of fused-ring (bicyclic) bond motifs is 1. The van der Waals surface area contributed by atoms with E-state index in [4.69, 9.17) is 11.1 Å². The number of hydrogen-bond donors (Lipinski definition) is 2. The molecule has 1 aromatic heterocycles. The molecule has 0 amide bonds. The molecule has 0 radical (unpaired) electrons. The van der Waals surface area contributed by atoms with E-state index in [1.54, 1.807) is 0 Å². The number of amidine groups is 1. The molecule has 0 spiro atoms. The van der Waals surface area contributed by atoms with Gasteiger partial charge in [-0.25, -0.2) is 4.98 Å². The Morgan fingerprint density at radius 1 is 1.39 bits per heavy atom. The third kappa shape index (κ3) is 1.76. The lowest BCUT2D eigenvalue weighted by Crippen LogP contribution is -2.26. The fourth-order valence-electron chi connectivity index (χ4n) is 3.52. The predicted octanol–water partition coefficient (Wildman–Crippen LogP) is 1.91. The number of hydrogen-bond acceptors (Lipinski definition) is 3. The number of pyridine rings is 1. The maximum Gasteiger partial charge on any atom is 0.139 e. The molecule has 3 rings (SSSR count). The minimum atomic E-state index is 0.132. The van der Waals surface area contributed by atoms with Gasteiger partial charge >= 0.3 is 0 Å². The molecular formula is C14H20N4. The first-order valence-electron chi connectivity index (χ1n) is 6.71. The molecule has 1 aliphatic heterocycles. The van der Waals surface area contributed by atoms with Crippen LogP contribution in [0.4, 0.5) is 5.82 Å². The van der Waals surface area contributed by atoms with Crippen molar-refractivity contribution in [3.05, 3.63) is 23.4 Å². The number of nitrogen functional groups attached to an aromatic ring is 1. The molecule has 2 atom stereocenters. The van der Waals surface area contributed by atoms with Crippen molar-refractivity contribution >= 4 is 11.7 Å². The van der Waals surface area contributed by atoms with Gasteiger partial charge in [-0.3, -0.25) is 5.41 Å². The zero-order valence-corrected chi connectivity index (χ0v) is 10.8. The molecule has 2 heterocycles. The van der Waals surface area contributed by atoms with Crippen molar-refractivity contribution in [1.29, 1.82) is 5.41 Å². The van der Waals surface area contributed by atoms with Gasteiger partial charge in [0.2, 0.25) is 0 Å². The summed E-state index contributed by atoms with van der Waals surface area (Å²) in [6, 6.07) is 1.93. The Kier molecular flexibility index (Phi) is 2.73. The summed E-state index contributed by atoms with van der Waals surface area (Å²) in [5.74, 6) is 2.70. The highest BCUT2D eigenvalue weighted by Gasteiger charge is 2.37. The quantitative estimate of drug-likeness (QED) is 0.617. The van der Waals surface area contributed by atoms with Crippen LogP contribution in [-0.2, 0) is 0 Å². The Labute approximate surface area is 108 Å². The minimum Gasteiger partial charge on any atom is -0.384 e. The van der Waals surface area contributed by atoms with Crippen LogP contribution < -0.4 is 10.6 Å². The van der Waals surface area contributed by atoms with Crippen LogP contribution in [0.5, 0.6) is 0 Å². The number of aromatic nitrogens is 1. The number of anilines is 1. The summed E-state index contributed by atoms with van der Waals surface area (Å²) in [7, 11) is 0. The Morgan fingerprint density at radius 3 is 2.67 bits per heavy atom. The van der Waals surface area contributed by atoms with E-state index < -0.39 is 0 Å². The van der Waals surface area contributed by atoms with E-state index in [0.29, 0.717) is 0 Å². The molecule has 2 unspecified atom stereocenters. The summed E-state index contributed by atoms with van der Waals surface area (Å²) in [6.45, 7) is 4.17.